The van der Waals surface area contributed by atoms with Gasteiger partial charge >= 0.3 is 0 Å². The largest absolute Gasteiger partial charge is 0.303 e. The molecule has 1 aromatic heterocycles. The molecule has 0 N–H and O–H groups in total. The van der Waals surface area contributed by atoms with E-state index >= 15 is 0 Å². The number of unbranched alkanes of at least 4 members (excludes halogenated alkanes) is 1. The number of rotatable bonds is 6. The summed E-state index contributed by atoms with van der Waals surface area (Å²) in [4.78, 5) is 2.24. The Labute approximate surface area is 158 Å². The lowest BCUT2D eigenvalue weighted by Crippen LogP contribution is -2.19. The van der Waals surface area contributed by atoms with Crippen molar-refractivity contribution in [1.29, 1.82) is 0 Å². The number of fused-ring (bicyclic) bond motifs is 1. The van der Waals surface area contributed by atoms with Gasteiger partial charge in [0, 0.05) is 34.2 Å². The Morgan fingerprint density at radius 2 is 2.00 bits per heavy atom. The molecule has 0 aliphatic rings. The van der Waals surface area contributed by atoms with E-state index in [1.54, 1.807) is 11.3 Å². The van der Waals surface area contributed by atoms with Gasteiger partial charge in [-0.25, -0.2) is 4.39 Å². The fourth-order valence-corrected chi connectivity index (χ4v) is 3.88. The zero-order chi connectivity index (χ0) is 18.4. The maximum Gasteiger partial charge on any atom is 0.123 e. The summed E-state index contributed by atoms with van der Waals surface area (Å²) < 4.78 is 14.3. The molecule has 26 heavy (non-hydrogen) atoms. The molecule has 0 radical (unpaired) electrons. The smallest absolute Gasteiger partial charge is 0.123 e. The van der Waals surface area contributed by atoms with Crippen LogP contribution in [0.4, 0.5) is 4.39 Å². The molecule has 0 saturated heterocycles. The Hall–Kier alpha value is -2.41. The third-order valence-electron chi connectivity index (χ3n) is 4.25. The van der Waals surface area contributed by atoms with Crippen molar-refractivity contribution in [3.63, 3.8) is 0 Å². The standard InChI is InChI=1S/C23H22FNS/c1-3-14-25(2)15-6-4-5-7-18-8-13-21-22(17-26-23(21)16-18)19-9-11-20(24)12-10-19/h3,8-13,16-17H,1,4,6,14-15H2,2H3. The van der Waals surface area contributed by atoms with Crippen LogP contribution in [0.3, 0.4) is 0 Å². The minimum atomic E-state index is -0.207. The summed E-state index contributed by atoms with van der Waals surface area (Å²) in [7, 11) is 2.10. The Balaban J connectivity index is 1.68. The number of halogens is 1. The fraction of sp³-hybridized carbons (Fsp3) is 0.217. The molecule has 1 nitrogen and oxygen atoms in total. The highest BCUT2D eigenvalue weighted by molar-refractivity contribution is 7.17. The minimum absolute atomic E-state index is 0.207. The van der Waals surface area contributed by atoms with E-state index in [1.165, 1.54) is 22.2 Å². The highest BCUT2D eigenvalue weighted by Gasteiger charge is 2.07. The Morgan fingerprint density at radius 1 is 1.19 bits per heavy atom. The van der Waals surface area contributed by atoms with E-state index in [1.807, 2.05) is 18.2 Å². The van der Waals surface area contributed by atoms with Gasteiger partial charge in [-0.2, -0.15) is 0 Å². The first kappa shape index (κ1) is 18.4. The summed E-state index contributed by atoms with van der Waals surface area (Å²) >= 11 is 1.70. The van der Waals surface area contributed by atoms with E-state index in [0.29, 0.717) is 0 Å². The molecule has 0 aliphatic heterocycles. The van der Waals surface area contributed by atoms with E-state index < -0.39 is 0 Å². The van der Waals surface area contributed by atoms with Crippen LogP contribution in [0.2, 0.25) is 0 Å². The maximum atomic E-state index is 13.1. The van der Waals surface area contributed by atoms with E-state index in [-0.39, 0.29) is 5.82 Å². The highest BCUT2D eigenvalue weighted by atomic mass is 32.1. The summed E-state index contributed by atoms with van der Waals surface area (Å²) in [5.41, 5.74) is 3.24. The zero-order valence-electron chi connectivity index (χ0n) is 15.0. The van der Waals surface area contributed by atoms with Crippen molar-refractivity contribution in [2.24, 2.45) is 0 Å². The molecule has 3 aromatic rings. The second kappa shape index (κ2) is 8.80. The minimum Gasteiger partial charge on any atom is -0.303 e. The van der Waals surface area contributed by atoms with Gasteiger partial charge in [-0.1, -0.05) is 36.1 Å². The van der Waals surface area contributed by atoms with E-state index in [2.05, 4.69) is 53.9 Å². The molecule has 0 bridgehead atoms. The van der Waals surface area contributed by atoms with Gasteiger partial charge in [0.1, 0.15) is 5.82 Å². The van der Waals surface area contributed by atoms with Crippen molar-refractivity contribution >= 4 is 21.4 Å². The van der Waals surface area contributed by atoms with Crippen molar-refractivity contribution in [2.45, 2.75) is 12.8 Å². The number of benzene rings is 2. The number of nitrogens with zero attached hydrogens (tertiary/aromatic N) is 1. The van der Waals surface area contributed by atoms with Crippen LogP contribution in [0.5, 0.6) is 0 Å². The van der Waals surface area contributed by atoms with Crippen LogP contribution in [-0.2, 0) is 0 Å². The molecule has 0 amide bonds. The average Bonchev–Trinajstić information content (AvgIpc) is 3.05. The first-order valence-electron chi connectivity index (χ1n) is 8.73. The van der Waals surface area contributed by atoms with Gasteiger partial charge in [-0.15, -0.1) is 17.9 Å². The zero-order valence-corrected chi connectivity index (χ0v) is 15.8. The van der Waals surface area contributed by atoms with Crippen LogP contribution < -0.4 is 0 Å². The number of thiophene rings is 1. The Morgan fingerprint density at radius 3 is 2.77 bits per heavy atom. The summed E-state index contributed by atoms with van der Waals surface area (Å²) in [6.07, 6.45) is 3.88. The molecule has 0 spiro atoms. The molecule has 0 unspecified atom stereocenters. The van der Waals surface area contributed by atoms with Crippen molar-refractivity contribution in [2.75, 3.05) is 20.1 Å². The highest BCUT2D eigenvalue weighted by Crippen LogP contribution is 2.34. The molecule has 132 valence electrons. The van der Waals surface area contributed by atoms with Gasteiger partial charge in [0.2, 0.25) is 0 Å². The third kappa shape index (κ3) is 4.60. The van der Waals surface area contributed by atoms with Gasteiger partial charge < -0.3 is 4.90 Å². The molecule has 0 fully saturated rings. The van der Waals surface area contributed by atoms with Gasteiger partial charge in [0.05, 0.1) is 0 Å². The van der Waals surface area contributed by atoms with Crippen molar-refractivity contribution in [1.82, 2.24) is 4.90 Å². The second-order valence-electron chi connectivity index (χ2n) is 6.32. The summed E-state index contributed by atoms with van der Waals surface area (Å²) in [5.74, 6) is 6.33. The molecule has 0 aliphatic carbocycles. The third-order valence-corrected chi connectivity index (χ3v) is 5.19. The SMILES string of the molecule is C=CCN(C)CCCC#Cc1ccc2c(-c3ccc(F)cc3)csc2c1. The molecule has 0 atom stereocenters. The van der Waals surface area contributed by atoms with Crippen LogP contribution in [0.1, 0.15) is 18.4 Å². The number of hydrogen-bond donors (Lipinski definition) is 0. The molecule has 2 aromatic carbocycles. The molecular weight excluding hydrogens is 341 g/mol. The molecular formula is C23H22FNS. The van der Waals surface area contributed by atoms with Gasteiger partial charge in [0.15, 0.2) is 0 Å². The van der Waals surface area contributed by atoms with Crippen molar-refractivity contribution in [3.8, 4) is 23.0 Å². The quantitative estimate of drug-likeness (QED) is 0.297. The predicted octanol–water partition coefficient (Wildman–Crippen LogP) is 5.96. The molecule has 1 heterocycles. The predicted molar refractivity (Wildman–Crippen MR) is 111 cm³/mol. The van der Waals surface area contributed by atoms with Crippen LogP contribution in [0.25, 0.3) is 21.2 Å². The van der Waals surface area contributed by atoms with Crippen LogP contribution in [-0.4, -0.2) is 25.0 Å². The fourth-order valence-electron chi connectivity index (χ4n) is 2.87. The van der Waals surface area contributed by atoms with E-state index in [4.69, 9.17) is 0 Å². The first-order chi connectivity index (χ1) is 12.7. The van der Waals surface area contributed by atoms with Gasteiger partial charge in [-0.3, -0.25) is 0 Å². The second-order valence-corrected chi connectivity index (χ2v) is 7.23. The van der Waals surface area contributed by atoms with Crippen LogP contribution >= 0.6 is 11.3 Å². The summed E-state index contributed by atoms with van der Waals surface area (Å²) in [5, 5.41) is 3.32. The number of likely N-dealkylation sites (N-methyl/N-ethyl adjacent to an activating group) is 1. The summed E-state index contributed by atoms with van der Waals surface area (Å²) in [6, 6.07) is 13.0. The molecule has 3 rings (SSSR count). The van der Waals surface area contributed by atoms with E-state index in [0.717, 1.165) is 42.6 Å². The van der Waals surface area contributed by atoms with Gasteiger partial charge in [0.25, 0.3) is 0 Å². The van der Waals surface area contributed by atoms with Crippen molar-refractivity contribution < 1.29 is 4.39 Å². The lowest BCUT2D eigenvalue weighted by Gasteiger charge is -2.12. The molecule has 3 heteroatoms. The average molecular weight is 364 g/mol. The van der Waals surface area contributed by atoms with Crippen LogP contribution in [0.15, 0.2) is 60.5 Å². The van der Waals surface area contributed by atoms with Crippen molar-refractivity contribution in [3.05, 3.63) is 71.9 Å². The first-order valence-corrected chi connectivity index (χ1v) is 9.61. The maximum absolute atomic E-state index is 13.1. The topological polar surface area (TPSA) is 3.24 Å². The lowest BCUT2D eigenvalue weighted by atomic mass is 10.0. The monoisotopic (exact) mass is 363 g/mol. The molecule has 0 saturated carbocycles. The Bertz CT molecular complexity index is 944. The lowest BCUT2D eigenvalue weighted by molar-refractivity contribution is 0.366. The van der Waals surface area contributed by atoms with Gasteiger partial charge in [-0.05, 0) is 55.2 Å². The van der Waals surface area contributed by atoms with Crippen LogP contribution in [0, 0.1) is 17.7 Å². The number of hydrogen-bond acceptors (Lipinski definition) is 2. The van der Waals surface area contributed by atoms with E-state index in [9.17, 15) is 4.39 Å². The Kier molecular flexibility index (Phi) is 6.22. The summed E-state index contributed by atoms with van der Waals surface area (Å²) in [6.45, 7) is 5.70. The normalized spacial score (nSPS) is 10.7.